The molecule has 2 rings (SSSR count). The summed E-state index contributed by atoms with van der Waals surface area (Å²) >= 11 is 0. The Kier molecular flexibility index (Phi) is 4.82. The zero-order valence-electron chi connectivity index (χ0n) is 12.5. The van der Waals surface area contributed by atoms with Crippen molar-refractivity contribution in [3.8, 4) is 0 Å². The second kappa shape index (κ2) is 6.60. The third-order valence-electron chi connectivity index (χ3n) is 4.11. The molecule has 0 atom stereocenters. The Bertz CT molecular complexity index is 626. The molecule has 1 saturated carbocycles. The van der Waals surface area contributed by atoms with Crippen LogP contribution in [-0.4, -0.2) is 15.0 Å². The van der Waals surface area contributed by atoms with Gasteiger partial charge in [-0.2, -0.15) is 0 Å². The van der Waals surface area contributed by atoms with Crippen molar-refractivity contribution >= 4 is 11.7 Å². The topological polar surface area (TPSA) is 85.1 Å². The predicted molar refractivity (Wildman–Crippen MR) is 79.9 cm³/mol. The molecule has 21 heavy (non-hydrogen) atoms. The first-order chi connectivity index (χ1) is 9.99. The number of nitrogens with one attached hydrogen (secondary N) is 2. The quantitative estimate of drug-likeness (QED) is 0.774. The first kappa shape index (κ1) is 15.3. The molecule has 0 aromatic carbocycles. The van der Waals surface area contributed by atoms with Gasteiger partial charge in [0, 0.05) is 26.6 Å². The highest BCUT2D eigenvalue weighted by Gasteiger charge is 2.16. The fraction of sp³-hybridized carbons (Fsp3) is 0.643. The molecule has 0 bridgehead atoms. The maximum Gasteiger partial charge on any atom is 0.332 e. The lowest BCUT2D eigenvalue weighted by Gasteiger charge is -2.13. The Labute approximate surface area is 122 Å². The molecular formula is C14H22N4O3. The largest absolute Gasteiger partial charge is 0.332 e. The first-order valence-electron chi connectivity index (χ1n) is 7.31. The molecule has 116 valence electrons. The van der Waals surface area contributed by atoms with Gasteiger partial charge >= 0.3 is 5.69 Å². The summed E-state index contributed by atoms with van der Waals surface area (Å²) in [7, 11) is 2.95. The molecular weight excluding hydrogens is 272 g/mol. The van der Waals surface area contributed by atoms with Gasteiger partial charge in [-0.15, -0.1) is 0 Å². The van der Waals surface area contributed by atoms with Crippen molar-refractivity contribution in [1.29, 1.82) is 0 Å². The molecule has 2 N–H and O–H groups in total. The Balaban J connectivity index is 1.89. The maximum absolute atomic E-state index is 11.8. The highest BCUT2D eigenvalue weighted by molar-refractivity contribution is 5.77. The van der Waals surface area contributed by atoms with E-state index in [1.807, 2.05) is 0 Å². The molecule has 1 aliphatic carbocycles. The van der Waals surface area contributed by atoms with Crippen molar-refractivity contribution in [3.63, 3.8) is 0 Å². The van der Waals surface area contributed by atoms with Crippen LogP contribution in [0.4, 0.5) is 5.82 Å². The molecule has 1 heterocycles. The molecule has 0 aliphatic heterocycles. The number of nitrogens with zero attached hydrogens (tertiary/aromatic N) is 2. The summed E-state index contributed by atoms with van der Waals surface area (Å²) < 4.78 is 2.28. The van der Waals surface area contributed by atoms with Crippen LogP contribution in [0, 0.1) is 5.92 Å². The van der Waals surface area contributed by atoms with E-state index in [1.54, 1.807) is 0 Å². The van der Waals surface area contributed by atoms with Gasteiger partial charge in [-0.3, -0.25) is 29.6 Å². The van der Waals surface area contributed by atoms with E-state index >= 15 is 0 Å². The zero-order valence-corrected chi connectivity index (χ0v) is 12.5. The van der Waals surface area contributed by atoms with E-state index in [1.165, 1.54) is 50.4 Å². The van der Waals surface area contributed by atoms with Crippen LogP contribution < -0.4 is 22.1 Å². The van der Waals surface area contributed by atoms with Crippen LogP contribution in [0.25, 0.3) is 0 Å². The van der Waals surface area contributed by atoms with E-state index in [0.29, 0.717) is 12.3 Å². The van der Waals surface area contributed by atoms with E-state index < -0.39 is 11.2 Å². The summed E-state index contributed by atoms with van der Waals surface area (Å²) in [6, 6.07) is 1.28. The third kappa shape index (κ3) is 3.74. The number of carbonyl (C=O) groups is 1. The highest BCUT2D eigenvalue weighted by Crippen LogP contribution is 2.28. The van der Waals surface area contributed by atoms with Crippen molar-refractivity contribution in [2.24, 2.45) is 20.0 Å². The monoisotopic (exact) mass is 294 g/mol. The summed E-state index contributed by atoms with van der Waals surface area (Å²) in [4.78, 5) is 35.1. The molecule has 1 amide bonds. The van der Waals surface area contributed by atoms with Gasteiger partial charge in [-0.05, 0) is 12.3 Å². The number of rotatable bonds is 5. The molecule has 7 heteroatoms. The van der Waals surface area contributed by atoms with Gasteiger partial charge in [0.05, 0.1) is 0 Å². The van der Waals surface area contributed by atoms with Crippen LogP contribution in [0.5, 0.6) is 0 Å². The molecule has 7 nitrogen and oxygen atoms in total. The summed E-state index contributed by atoms with van der Waals surface area (Å²) in [6.07, 6.45) is 6.30. The summed E-state index contributed by atoms with van der Waals surface area (Å²) in [5.41, 5.74) is 4.33. The Hall–Kier alpha value is -2.05. The molecule has 1 aromatic heterocycles. The van der Waals surface area contributed by atoms with Crippen LogP contribution in [0.1, 0.15) is 38.5 Å². The van der Waals surface area contributed by atoms with Crippen LogP contribution in [0.2, 0.25) is 0 Å². The Morgan fingerprint density at radius 1 is 1.24 bits per heavy atom. The lowest BCUT2D eigenvalue weighted by molar-refractivity contribution is -0.120. The van der Waals surface area contributed by atoms with Gasteiger partial charge in [0.25, 0.3) is 5.56 Å². The lowest BCUT2D eigenvalue weighted by atomic mass is 10.0. The number of carbonyl (C=O) groups excluding carboxylic acids is 1. The zero-order chi connectivity index (χ0) is 15.4. The third-order valence-corrected chi connectivity index (χ3v) is 4.11. The molecule has 0 spiro atoms. The lowest BCUT2D eigenvalue weighted by Crippen LogP contribution is -2.40. The van der Waals surface area contributed by atoms with Gasteiger partial charge in [0.1, 0.15) is 5.82 Å². The number of hydrazine groups is 1. The van der Waals surface area contributed by atoms with Gasteiger partial charge < -0.3 is 0 Å². The second-order valence-corrected chi connectivity index (χ2v) is 5.63. The molecule has 0 unspecified atom stereocenters. The average molecular weight is 294 g/mol. The van der Waals surface area contributed by atoms with E-state index in [0.717, 1.165) is 11.0 Å². The minimum absolute atomic E-state index is 0.130. The Morgan fingerprint density at radius 3 is 2.57 bits per heavy atom. The van der Waals surface area contributed by atoms with Crippen LogP contribution in [0.3, 0.4) is 0 Å². The van der Waals surface area contributed by atoms with Crippen LogP contribution >= 0.6 is 0 Å². The fourth-order valence-electron chi connectivity index (χ4n) is 2.68. The first-order valence-corrected chi connectivity index (χ1v) is 7.31. The Morgan fingerprint density at radius 2 is 1.90 bits per heavy atom. The van der Waals surface area contributed by atoms with E-state index in [4.69, 9.17) is 0 Å². The second-order valence-electron chi connectivity index (χ2n) is 5.63. The van der Waals surface area contributed by atoms with Gasteiger partial charge in [-0.1, -0.05) is 25.7 Å². The van der Waals surface area contributed by atoms with Crippen molar-refractivity contribution in [2.75, 3.05) is 5.43 Å². The summed E-state index contributed by atoms with van der Waals surface area (Å²) in [6.45, 7) is 0. The maximum atomic E-state index is 11.8. The van der Waals surface area contributed by atoms with Crippen LogP contribution in [0.15, 0.2) is 15.7 Å². The van der Waals surface area contributed by atoms with E-state index in [-0.39, 0.29) is 11.7 Å². The van der Waals surface area contributed by atoms with Crippen molar-refractivity contribution in [3.05, 3.63) is 26.9 Å². The number of anilines is 1. The summed E-state index contributed by atoms with van der Waals surface area (Å²) in [5.74, 6) is 0.802. The summed E-state index contributed by atoms with van der Waals surface area (Å²) in [5, 5.41) is 0. The standard InChI is InChI=1S/C14H22N4O3/c1-17-11(9-13(20)18(2)14(17)21)15-16-12(19)8-7-10-5-3-4-6-10/h9-10,15H,3-8H2,1-2H3,(H,16,19). The minimum atomic E-state index is -0.440. The molecule has 0 saturated heterocycles. The van der Waals surface area contributed by atoms with Crippen molar-refractivity contribution in [2.45, 2.75) is 38.5 Å². The molecule has 1 fully saturated rings. The van der Waals surface area contributed by atoms with Crippen molar-refractivity contribution in [1.82, 2.24) is 14.6 Å². The van der Waals surface area contributed by atoms with E-state index in [9.17, 15) is 14.4 Å². The number of aromatic nitrogens is 2. The predicted octanol–water partition coefficient (Wildman–Crippen LogP) is 0.497. The van der Waals surface area contributed by atoms with E-state index in [2.05, 4.69) is 10.9 Å². The van der Waals surface area contributed by atoms with Gasteiger partial charge in [0.15, 0.2) is 0 Å². The average Bonchev–Trinajstić information content (AvgIpc) is 2.98. The highest BCUT2D eigenvalue weighted by atomic mass is 16.2. The molecule has 1 aromatic rings. The smallest absolute Gasteiger partial charge is 0.283 e. The SMILES string of the molecule is Cn1c(NNC(=O)CCC2CCCC2)cc(=O)n(C)c1=O. The number of hydrogen-bond acceptors (Lipinski definition) is 4. The molecule has 1 aliphatic rings. The fourth-order valence-corrected chi connectivity index (χ4v) is 2.68. The van der Waals surface area contributed by atoms with Crippen LogP contribution in [-0.2, 0) is 18.9 Å². The normalized spacial score (nSPS) is 15.1. The molecule has 0 radical (unpaired) electrons. The van der Waals surface area contributed by atoms with Crippen molar-refractivity contribution < 1.29 is 4.79 Å². The van der Waals surface area contributed by atoms with Gasteiger partial charge in [-0.25, -0.2) is 4.79 Å². The number of amides is 1. The minimum Gasteiger partial charge on any atom is -0.283 e. The van der Waals surface area contributed by atoms with Gasteiger partial charge in [0.2, 0.25) is 5.91 Å². The number of hydrogen-bond donors (Lipinski definition) is 2.